The lowest BCUT2D eigenvalue weighted by Gasteiger charge is -2.40. The van der Waals surface area contributed by atoms with Crippen molar-refractivity contribution in [3.8, 4) is 6.07 Å². The van der Waals surface area contributed by atoms with Crippen molar-refractivity contribution in [2.24, 2.45) is 5.73 Å². The number of benzene rings is 1. The number of nitrogens with zero attached hydrogens (tertiary/aromatic N) is 2. The maximum Gasteiger partial charge on any atom is 0.418 e. The number of allylic oxidation sites excluding steroid dienone is 3. The quantitative estimate of drug-likeness (QED) is 0.570. The Bertz CT molecular complexity index is 1140. The number of carbonyl (C=O) groups is 1. The normalized spacial score (nSPS) is 19.8. The summed E-state index contributed by atoms with van der Waals surface area (Å²) in [5.41, 5.74) is 6.16. The molecule has 1 aliphatic heterocycles. The lowest BCUT2D eigenvalue weighted by atomic mass is 9.78. The Balaban J connectivity index is 2.01. The Morgan fingerprint density at radius 1 is 1.27 bits per heavy atom. The summed E-state index contributed by atoms with van der Waals surface area (Å²) in [6.07, 6.45) is -3.41. The van der Waals surface area contributed by atoms with Crippen molar-refractivity contribution in [2.75, 3.05) is 4.90 Å². The van der Waals surface area contributed by atoms with Gasteiger partial charge in [0.1, 0.15) is 5.82 Å². The molecule has 1 aliphatic carbocycles. The summed E-state index contributed by atoms with van der Waals surface area (Å²) in [7, 11) is 0. The Kier molecular flexibility index (Phi) is 5.24. The molecule has 0 saturated heterocycles. The van der Waals surface area contributed by atoms with E-state index in [0.29, 0.717) is 24.1 Å². The minimum Gasteiger partial charge on any atom is -0.384 e. The van der Waals surface area contributed by atoms with Gasteiger partial charge in [0, 0.05) is 32.4 Å². The molecular formula is C21H15BrF3N3OS. The van der Waals surface area contributed by atoms with Crippen molar-refractivity contribution in [2.45, 2.75) is 31.4 Å². The third-order valence-electron chi connectivity index (χ3n) is 5.24. The number of rotatable bonds is 2. The zero-order valence-corrected chi connectivity index (χ0v) is 17.9. The summed E-state index contributed by atoms with van der Waals surface area (Å²) in [5.74, 6) is -0.916. The smallest absolute Gasteiger partial charge is 0.384 e. The molecule has 2 heterocycles. The van der Waals surface area contributed by atoms with Crippen LogP contribution in [0.25, 0.3) is 0 Å². The lowest BCUT2D eigenvalue weighted by molar-refractivity contribution is -0.137. The van der Waals surface area contributed by atoms with E-state index in [2.05, 4.69) is 22.0 Å². The number of nitrogens with two attached hydrogens (primary N) is 1. The van der Waals surface area contributed by atoms with Crippen LogP contribution in [-0.4, -0.2) is 5.78 Å². The zero-order valence-electron chi connectivity index (χ0n) is 15.5. The van der Waals surface area contributed by atoms with Crippen molar-refractivity contribution in [1.29, 1.82) is 5.26 Å². The second-order valence-electron chi connectivity index (χ2n) is 7.00. The molecule has 30 heavy (non-hydrogen) atoms. The number of para-hydroxylation sites is 1. The number of anilines is 1. The Hall–Kier alpha value is -2.57. The number of nitriles is 1. The van der Waals surface area contributed by atoms with Crippen LogP contribution in [0.2, 0.25) is 0 Å². The fourth-order valence-electron chi connectivity index (χ4n) is 4.03. The summed E-state index contributed by atoms with van der Waals surface area (Å²) >= 11 is 4.75. The number of alkyl halides is 3. The number of halogens is 4. The minimum atomic E-state index is -4.61. The Morgan fingerprint density at radius 2 is 2.00 bits per heavy atom. The summed E-state index contributed by atoms with van der Waals surface area (Å²) in [6, 6.07) is 8.94. The number of carbonyl (C=O) groups excluding carboxylic acids is 1. The Morgan fingerprint density at radius 3 is 2.63 bits per heavy atom. The van der Waals surface area contributed by atoms with Gasteiger partial charge in [-0.15, -0.1) is 11.3 Å². The van der Waals surface area contributed by atoms with Crippen LogP contribution in [0, 0.1) is 11.3 Å². The molecule has 4 nitrogen and oxygen atoms in total. The Labute approximate surface area is 183 Å². The molecular weight excluding hydrogens is 479 g/mol. The van der Waals surface area contributed by atoms with E-state index in [1.54, 1.807) is 0 Å². The maximum absolute atomic E-state index is 13.7. The molecule has 4 rings (SSSR count). The molecule has 1 unspecified atom stereocenters. The van der Waals surface area contributed by atoms with Gasteiger partial charge in [-0.05, 0) is 47.0 Å². The molecule has 9 heteroatoms. The van der Waals surface area contributed by atoms with Crippen molar-refractivity contribution in [3.63, 3.8) is 0 Å². The number of ketones is 1. The van der Waals surface area contributed by atoms with Crippen molar-refractivity contribution in [3.05, 3.63) is 73.3 Å². The highest BCUT2D eigenvalue weighted by atomic mass is 79.9. The number of Topliss-reactive ketones (excluding diaryl/α,β-unsaturated/α-hetero) is 1. The monoisotopic (exact) mass is 493 g/mol. The van der Waals surface area contributed by atoms with E-state index in [1.807, 2.05) is 11.4 Å². The molecule has 2 aliphatic rings. The summed E-state index contributed by atoms with van der Waals surface area (Å²) in [6.45, 7) is 0. The molecule has 0 bridgehead atoms. The van der Waals surface area contributed by atoms with Crippen LogP contribution in [-0.2, 0) is 11.0 Å². The molecule has 0 saturated carbocycles. The van der Waals surface area contributed by atoms with Crippen LogP contribution in [0.5, 0.6) is 0 Å². The molecule has 154 valence electrons. The van der Waals surface area contributed by atoms with E-state index in [0.717, 1.165) is 15.4 Å². The predicted octanol–water partition coefficient (Wildman–Crippen LogP) is 5.83. The first-order valence-electron chi connectivity index (χ1n) is 9.10. The van der Waals surface area contributed by atoms with Gasteiger partial charge in [-0.3, -0.25) is 9.69 Å². The highest BCUT2D eigenvalue weighted by Gasteiger charge is 2.43. The second-order valence-corrected chi connectivity index (χ2v) is 8.86. The summed E-state index contributed by atoms with van der Waals surface area (Å²) in [5, 5.41) is 11.7. The van der Waals surface area contributed by atoms with Gasteiger partial charge in [0.15, 0.2) is 5.78 Å². The molecule has 0 fully saturated rings. The molecule has 0 spiro atoms. The third-order valence-corrected chi connectivity index (χ3v) is 6.99. The molecule has 2 aromatic rings. The van der Waals surface area contributed by atoms with Gasteiger partial charge in [-0.1, -0.05) is 12.1 Å². The summed E-state index contributed by atoms with van der Waals surface area (Å²) < 4.78 is 42.0. The van der Waals surface area contributed by atoms with Crippen LogP contribution < -0.4 is 10.6 Å². The first-order valence-corrected chi connectivity index (χ1v) is 10.8. The standard InChI is InChI=1S/C21H15BrF3N3OS/c22-11-8-17(30-10-11)18-12(9-26)20(27)28(15-6-3-7-16(29)19(15)18)14-5-2-1-4-13(14)21(23,24)25/h1-2,4-5,8,10,18H,3,6-7,27H2. The van der Waals surface area contributed by atoms with Gasteiger partial charge in [0.2, 0.25) is 0 Å². The van der Waals surface area contributed by atoms with E-state index >= 15 is 0 Å². The first kappa shape index (κ1) is 20.7. The van der Waals surface area contributed by atoms with E-state index in [4.69, 9.17) is 5.73 Å². The van der Waals surface area contributed by atoms with Crippen LogP contribution in [0.3, 0.4) is 0 Å². The number of thiophene rings is 1. The van der Waals surface area contributed by atoms with E-state index in [-0.39, 0.29) is 29.3 Å². The van der Waals surface area contributed by atoms with Crippen LogP contribution in [0.15, 0.2) is 62.8 Å². The fraction of sp³-hybridized carbons (Fsp3) is 0.238. The number of hydrogen-bond donors (Lipinski definition) is 1. The van der Waals surface area contributed by atoms with Gasteiger partial charge >= 0.3 is 6.18 Å². The minimum absolute atomic E-state index is 0.0721. The van der Waals surface area contributed by atoms with Crippen molar-refractivity contribution in [1.82, 2.24) is 0 Å². The average molecular weight is 494 g/mol. The maximum atomic E-state index is 13.7. The topological polar surface area (TPSA) is 70.1 Å². The molecule has 1 aromatic heterocycles. The van der Waals surface area contributed by atoms with Gasteiger partial charge in [-0.25, -0.2) is 0 Å². The van der Waals surface area contributed by atoms with Gasteiger partial charge in [0.25, 0.3) is 0 Å². The fourth-order valence-corrected chi connectivity index (χ4v) is 5.60. The lowest BCUT2D eigenvalue weighted by Crippen LogP contribution is -2.39. The van der Waals surface area contributed by atoms with E-state index in [9.17, 15) is 23.2 Å². The van der Waals surface area contributed by atoms with Gasteiger partial charge in [0.05, 0.1) is 28.8 Å². The molecule has 1 aromatic carbocycles. The van der Waals surface area contributed by atoms with Crippen LogP contribution in [0.1, 0.15) is 35.6 Å². The van der Waals surface area contributed by atoms with Gasteiger partial charge in [-0.2, -0.15) is 18.4 Å². The zero-order chi connectivity index (χ0) is 21.6. The largest absolute Gasteiger partial charge is 0.418 e. The SMILES string of the molecule is N#CC1=C(N)N(c2ccccc2C(F)(F)F)C2=C(C(=O)CCC2)C1c1cc(Br)cs1. The second kappa shape index (κ2) is 7.60. The predicted molar refractivity (Wildman–Crippen MR) is 111 cm³/mol. The average Bonchev–Trinajstić information content (AvgIpc) is 3.12. The molecule has 0 radical (unpaired) electrons. The molecule has 0 amide bonds. The van der Waals surface area contributed by atoms with E-state index in [1.165, 1.54) is 34.4 Å². The van der Waals surface area contributed by atoms with Crippen LogP contribution >= 0.6 is 27.3 Å². The van der Waals surface area contributed by atoms with Crippen LogP contribution in [0.4, 0.5) is 18.9 Å². The highest BCUT2D eigenvalue weighted by Crippen LogP contribution is 2.49. The highest BCUT2D eigenvalue weighted by molar-refractivity contribution is 9.10. The van der Waals surface area contributed by atoms with Crippen molar-refractivity contribution >= 4 is 38.7 Å². The number of hydrogen-bond acceptors (Lipinski definition) is 5. The molecule has 1 atom stereocenters. The van der Waals surface area contributed by atoms with E-state index < -0.39 is 17.7 Å². The van der Waals surface area contributed by atoms with Gasteiger partial charge < -0.3 is 5.73 Å². The summed E-state index contributed by atoms with van der Waals surface area (Å²) in [4.78, 5) is 15.0. The van der Waals surface area contributed by atoms with Crippen molar-refractivity contribution < 1.29 is 18.0 Å². The first-order chi connectivity index (χ1) is 14.2. The molecule has 2 N–H and O–H groups in total. The third kappa shape index (κ3) is 3.34.